The van der Waals surface area contributed by atoms with Crippen LogP contribution in [0.15, 0.2) is 48.5 Å². The number of hydrogen-bond donors (Lipinski definition) is 2. The number of benzene rings is 2. The van der Waals surface area contributed by atoms with Crippen LogP contribution in [0.1, 0.15) is 36.2 Å². The van der Waals surface area contributed by atoms with E-state index in [9.17, 15) is 9.59 Å². The lowest BCUT2D eigenvalue weighted by molar-refractivity contribution is -0.115. The summed E-state index contributed by atoms with van der Waals surface area (Å²) < 4.78 is 5.01. The average Bonchev–Trinajstić information content (AvgIpc) is 2.62. The maximum absolute atomic E-state index is 12.2. The minimum Gasteiger partial charge on any atom is -0.462 e. The molecule has 0 aromatic heterocycles. The fourth-order valence-electron chi connectivity index (χ4n) is 2.50. The van der Waals surface area contributed by atoms with Gasteiger partial charge in [-0.05, 0) is 37.1 Å². The van der Waals surface area contributed by atoms with Crippen molar-refractivity contribution >= 4 is 23.3 Å². The Labute approximate surface area is 148 Å². The van der Waals surface area contributed by atoms with Crippen molar-refractivity contribution in [1.29, 1.82) is 0 Å². The SMILES string of the molecule is CCOC(=O)c1ccccc1NC(=O)CCNc1ccccc1CC. The van der Waals surface area contributed by atoms with Gasteiger partial charge in [-0.2, -0.15) is 0 Å². The quantitative estimate of drug-likeness (QED) is 0.716. The molecule has 0 unspecified atom stereocenters. The van der Waals surface area contributed by atoms with Crippen LogP contribution in [0, 0.1) is 0 Å². The summed E-state index contributed by atoms with van der Waals surface area (Å²) >= 11 is 0. The van der Waals surface area contributed by atoms with Crippen molar-refractivity contribution < 1.29 is 14.3 Å². The molecule has 2 aromatic carbocycles. The van der Waals surface area contributed by atoms with Crippen LogP contribution in [0.2, 0.25) is 0 Å². The lowest BCUT2D eigenvalue weighted by Crippen LogP contribution is -2.18. The van der Waals surface area contributed by atoms with Crippen molar-refractivity contribution in [2.24, 2.45) is 0 Å². The highest BCUT2D eigenvalue weighted by Crippen LogP contribution is 2.17. The van der Waals surface area contributed by atoms with E-state index in [0.717, 1.165) is 12.1 Å². The molecule has 0 atom stereocenters. The van der Waals surface area contributed by atoms with E-state index in [1.165, 1.54) is 5.56 Å². The Morgan fingerprint density at radius 3 is 2.36 bits per heavy atom. The second-order valence-electron chi connectivity index (χ2n) is 5.50. The van der Waals surface area contributed by atoms with Gasteiger partial charge < -0.3 is 15.4 Å². The zero-order chi connectivity index (χ0) is 18.1. The molecule has 5 nitrogen and oxygen atoms in total. The molecule has 0 radical (unpaired) electrons. The second-order valence-corrected chi connectivity index (χ2v) is 5.50. The van der Waals surface area contributed by atoms with Gasteiger partial charge in [0.05, 0.1) is 17.9 Å². The Kier molecular flexibility index (Phi) is 7.01. The fourth-order valence-corrected chi connectivity index (χ4v) is 2.50. The number of carbonyl (C=O) groups excluding carboxylic acids is 2. The van der Waals surface area contributed by atoms with Gasteiger partial charge >= 0.3 is 5.97 Å². The van der Waals surface area contributed by atoms with Gasteiger partial charge in [0.25, 0.3) is 0 Å². The van der Waals surface area contributed by atoms with E-state index >= 15 is 0 Å². The summed E-state index contributed by atoms with van der Waals surface area (Å²) in [6, 6.07) is 14.9. The highest BCUT2D eigenvalue weighted by molar-refractivity contribution is 6.01. The number of amides is 1. The first-order chi connectivity index (χ1) is 12.2. The molecule has 0 heterocycles. The van der Waals surface area contributed by atoms with E-state index in [-0.39, 0.29) is 5.91 Å². The van der Waals surface area contributed by atoms with E-state index in [2.05, 4.69) is 23.6 Å². The van der Waals surface area contributed by atoms with E-state index in [0.29, 0.717) is 30.8 Å². The van der Waals surface area contributed by atoms with E-state index in [1.54, 1.807) is 31.2 Å². The Hall–Kier alpha value is -2.82. The van der Waals surface area contributed by atoms with Gasteiger partial charge in [-0.1, -0.05) is 37.3 Å². The third kappa shape index (κ3) is 5.35. The Balaban J connectivity index is 1.92. The summed E-state index contributed by atoms with van der Waals surface area (Å²) in [5, 5.41) is 6.07. The third-order valence-corrected chi connectivity index (χ3v) is 3.76. The molecular formula is C20H24N2O3. The van der Waals surface area contributed by atoms with Crippen molar-refractivity contribution in [3.05, 3.63) is 59.7 Å². The predicted molar refractivity (Wildman–Crippen MR) is 100.0 cm³/mol. The number of rotatable bonds is 8. The molecule has 0 saturated carbocycles. The lowest BCUT2D eigenvalue weighted by Gasteiger charge is -2.12. The monoisotopic (exact) mass is 340 g/mol. The highest BCUT2D eigenvalue weighted by atomic mass is 16.5. The fraction of sp³-hybridized carbons (Fsp3) is 0.300. The zero-order valence-corrected chi connectivity index (χ0v) is 14.7. The van der Waals surface area contributed by atoms with E-state index < -0.39 is 5.97 Å². The van der Waals surface area contributed by atoms with Crippen LogP contribution in [-0.2, 0) is 16.0 Å². The standard InChI is InChI=1S/C20H24N2O3/c1-3-15-9-5-7-11-17(15)21-14-13-19(23)22-18-12-8-6-10-16(18)20(24)25-4-2/h5-12,21H,3-4,13-14H2,1-2H3,(H,22,23). The largest absolute Gasteiger partial charge is 0.462 e. The van der Waals surface area contributed by atoms with Gasteiger partial charge in [-0.25, -0.2) is 4.79 Å². The molecule has 2 aromatic rings. The molecule has 0 aliphatic carbocycles. The Bertz CT molecular complexity index is 728. The number of hydrogen-bond acceptors (Lipinski definition) is 4. The highest BCUT2D eigenvalue weighted by Gasteiger charge is 2.13. The van der Waals surface area contributed by atoms with E-state index in [4.69, 9.17) is 4.74 Å². The number of carbonyl (C=O) groups is 2. The summed E-state index contributed by atoms with van der Waals surface area (Å²) in [5.74, 6) is -0.591. The van der Waals surface area contributed by atoms with Gasteiger partial charge in [0, 0.05) is 18.7 Å². The first kappa shape index (κ1) is 18.5. The van der Waals surface area contributed by atoms with Crippen molar-refractivity contribution in [2.45, 2.75) is 26.7 Å². The third-order valence-electron chi connectivity index (χ3n) is 3.76. The molecule has 0 spiro atoms. The van der Waals surface area contributed by atoms with Gasteiger partial charge in [0.2, 0.25) is 5.91 Å². The van der Waals surface area contributed by atoms with Crippen LogP contribution in [0.3, 0.4) is 0 Å². The van der Waals surface area contributed by atoms with Crippen LogP contribution in [0.25, 0.3) is 0 Å². The lowest BCUT2D eigenvalue weighted by atomic mass is 10.1. The van der Waals surface area contributed by atoms with Gasteiger partial charge in [0.15, 0.2) is 0 Å². The first-order valence-corrected chi connectivity index (χ1v) is 8.53. The molecule has 2 N–H and O–H groups in total. The summed E-state index contributed by atoms with van der Waals surface area (Å²) in [7, 11) is 0. The Morgan fingerprint density at radius 1 is 0.960 bits per heavy atom. The molecule has 132 valence electrons. The second kappa shape index (κ2) is 9.47. The van der Waals surface area contributed by atoms with Crippen molar-refractivity contribution in [3.63, 3.8) is 0 Å². The molecule has 0 saturated heterocycles. The van der Waals surface area contributed by atoms with Crippen LogP contribution in [-0.4, -0.2) is 25.0 Å². The summed E-state index contributed by atoms with van der Waals surface area (Å²) in [6.45, 7) is 4.66. The first-order valence-electron chi connectivity index (χ1n) is 8.53. The van der Waals surface area contributed by atoms with Gasteiger partial charge in [0.1, 0.15) is 0 Å². The minimum absolute atomic E-state index is 0.154. The van der Waals surface area contributed by atoms with Crippen LogP contribution in [0.5, 0.6) is 0 Å². The smallest absolute Gasteiger partial charge is 0.340 e. The average molecular weight is 340 g/mol. The zero-order valence-electron chi connectivity index (χ0n) is 14.7. The topological polar surface area (TPSA) is 67.4 Å². The molecule has 25 heavy (non-hydrogen) atoms. The number of esters is 1. The molecule has 5 heteroatoms. The summed E-state index contributed by atoms with van der Waals surface area (Å²) in [5.41, 5.74) is 3.10. The van der Waals surface area contributed by atoms with Crippen LogP contribution < -0.4 is 10.6 Å². The number of nitrogens with one attached hydrogen (secondary N) is 2. The molecule has 0 aliphatic rings. The molecule has 0 aliphatic heterocycles. The van der Waals surface area contributed by atoms with Crippen LogP contribution >= 0.6 is 0 Å². The van der Waals surface area contributed by atoms with Gasteiger partial charge in [-0.15, -0.1) is 0 Å². The number of para-hydroxylation sites is 2. The van der Waals surface area contributed by atoms with Crippen LogP contribution in [0.4, 0.5) is 11.4 Å². The molecular weight excluding hydrogens is 316 g/mol. The number of ether oxygens (including phenoxy) is 1. The Morgan fingerprint density at radius 2 is 1.64 bits per heavy atom. The maximum Gasteiger partial charge on any atom is 0.340 e. The van der Waals surface area contributed by atoms with Crippen molar-refractivity contribution in [2.75, 3.05) is 23.8 Å². The number of aryl methyl sites for hydroxylation is 1. The van der Waals surface area contributed by atoms with Crippen molar-refractivity contribution in [3.8, 4) is 0 Å². The predicted octanol–water partition coefficient (Wildman–Crippen LogP) is 3.87. The summed E-state index contributed by atoms with van der Waals surface area (Å²) in [6.07, 6.45) is 1.23. The minimum atomic E-state index is -0.437. The van der Waals surface area contributed by atoms with Crippen molar-refractivity contribution in [1.82, 2.24) is 0 Å². The normalized spacial score (nSPS) is 10.2. The number of anilines is 2. The molecule has 0 bridgehead atoms. The molecule has 1 amide bonds. The molecule has 2 rings (SSSR count). The molecule has 0 fully saturated rings. The maximum atomic E-state index is 12.2. The van der Waals surface area contributed by atoms with E-state index in [1.807, 2.05) is 18.2 Å². The summed E-state index contributed by atoms with van der Waals surface area (Å²) in [4.78, 5) is 24.1. The van der Waals surface area contributed by atoms with Gasteiger partial charge in [-0.3, -0.25) is 4.79 Å².